The van der Waals surface area contributed by atoms with E-state index in [1.165, 1.54) is 7.11 Å². The van der Waals surface area contributed by atoms with E-state index in [1.54, 1.807) is 31.5 Å². The number of hydrogen-bond acceptors (Lipinski definition) is 8. The van der Waals surface area contributed by atoms with Crippen molar-refractivity contribution < 1.29 is 26.9 Å². The average Bonchev–Trinajstić information content (AvgIpc) is 3.42. The molecule has 2 aromatic heterocycles. The van der Waals surface area contributed by atoms with Crippen molar-refractivity contribution in [3.05, 3.63) is 41.2 Å². The summed E-state index contributed by atoms with van der Waals surface area (Å²) < 4.78 is 54.2. The molecule has 2 aliphatic carbocycles. The van der Waals surface area contributed by atoms with Crippen molar-refractivity contribution in [3.8, 4) is 11.5 Å². The van der Waals surface area contributed by atoms with E-state index in [4.69, 9.17) is 9.47 Å². The predicted octanol–water partition coefficient (Wildman–Crippen LogP) is 3.95. The van der Waals surface area contributed by atoms with Crippen LogP contribution >= 0.6 is 0 Å². The third-order valence-electron chi connectivity index (χ3n) is 8.86. The first-order valence-corrected chi connectivity index (χ1v) is 15.5. The van der Waals surface area contributed by atoms with Gasteiger partial charge in [-0.3, -0.25) is 14.0 Å². The maximum Gasteiger partial charge on any atom is 0.242 e. The lowest BCUT2D eigenvalue weighted by atomic mass is 9.70. The van der Waals surface area contributed by atoms with E-state index in [2.05, 4.69) is 9.97 Å². The molecule has 3 aromatic rings. The summed E-state index contributed by atoms with van der Waals surface area (Å²) in [5.41, 5.74) is 1.35. The van der Waals surface area contributed by atoms with Gasteiger partial charge in [0.05, 0.1) is 58.7 Å². The van der Waals surface area contributed by atoms with Crippen LogP contribution in [0.4, 0.5) is 0 Å². The first-order chi connectivity index (χ1) is 17.9. The highest BCUT2D eigenvalue weighted by atomic mass is 32.2. The number of imidazole rings is 1. The lowest BCUT2D eigenvalue weighted by molar-refractivity contribution is -0.128. The van der Waals surface area contributed by atoms with E-state index in [-0.39, 0.29) is 33.9 Å². The summed E-state index contributed by atoms with van der Waals surface area (Å²) in [5, 5.41) is -0.0943. The van der Waals surface area contributed by atoms with E-state index in [0.717, 1.165) is 21.5 Å². The quantitative estimate of drug-likeness (QED) is 0.407. The molecule has 0 radical (unpaired) electrons. The number of benzene rings is 1. The molecule has 2 bridgehead atoms. The first-order valence-electron chi connectivity index (χ1n) is 12.6. The van der Waals surface area contributed by atoms with Crippen LogP contribution in [0.2, 0.25) is 0 Å². The van der Waals surface area contributed by atoms with Crippen LogP contribution in [-0.4, -0.2) is 52.3 Å². The minimum absolute atomic E-state index is 0.00132. The SMILES string of the molecule is COc1ccc2nc([S@](=O)Cc3ncc(C)c(OC)c3C)n(S(=O)(=O)C[C@]34CCC(CC3=O)C4(C)C)c2c1. The largest absolute Gasteiger partial charge is 0.497 e. The van der Waals surface area contributed by atoms with Crippen LogP contribution in [0.1, 0.15) is 49.9 Å². The van der Waals surface area contributed by atoms with Gasteiger partial charge in [0.15, 0.2) is 0 Å². The summed E-state index contributed by atoms with van der Waals surface area (Å²) >= 11 is 0. The van der Waals surface area contributed by atoms with Crippen LogP contribution in [0.5, 0.6) is 11.5 Å². The Balaban J connectivity index is 1.63. The Morgan fingerprint density at radius 2 is 1.92 bits per heavy atom. The molecule has 0 aliphatic heterocycles. The van der Waals surface area contributed by atoms with E-state index >= 15 is 0 Å². The van der Waals surface area contributed by atoms with E-state index in [0.29, 0.717) is 35.6 Å². The van der Waals surface area contributed by atoms with Gasteiger partial charge in [-0.25, -0.2) is 17.4 Å². The molecule has 5 rings (SSSR count). The van der Waals surface area contributed by atoms with Gasteiger partial charge in [-0.15, -0.1) is 0 Å². The minimum atomic E-state index is -4.16. The number of pyridine rings is 1. The summed E-state index contributed by atoms with van der Waals surface area (Å²) in [5.74, 6) is 0.863. The summed E-state index contributed by atoms with van der Waals surface area (Å²) in [6.45, 7) is 7.70. The topological polar surface area (TPSA) is 117 Å². The fourth-order valence-electron chi connectivity index (χ4n) is 6.44. The van der Waals surface area contributed by atoms with Crippen molar-refractivity contribution in [2.24, 2.45) is 16.7 Å². The Bertz CT molecular complexity index is 1590. The van der Waals surface area contributed by atoms with Crippen LogP contribution in [0.15, 0.2) is 29.6 Å². The zero-order valence-electron chi connectivity index (χ0n) is 22.5. The molecule has 1 unspecified atom stereocenters. The standard InChI is InChI=1S/C27H33N3O6S2/c1-16-13-28-21(17(2)24(16)36-6)14-37(32)25-29-20-8-7-19(35-5)12-22(20)30(25)38(33,34)15-27-10-9-18(11-23(27)31)26(27,3)4/h7-8,12-13,18H,9-11,14-15H2,1-6H3/t18?,27-,37-/m1/s1. The van der Waals surface area contributed by atoms with Gasteiger partial charge in [0.2, 0.25) is 15.2 Å². The Morgan fingerprint density at radius 3 is 2.53 bits per heavy atom. The van der Waals surface area contributed by atoms with Gasteiger partial charge in [-0.05, 0) is 50.2 Å². The van der Waals surface area contributed by atoms with E-state index < -0.39 is 31.7 Å². The maximum atomic E-state index is 14.2. The molecule has 1 aromatic carbocycles. The number of fused-ring (bicyclic) bond motifs is 3. The smallest absolute Gasteiger partial charge is 0.242 e. The molecular formula is C27H33N3O6S2. The number of ether oxygens (including phenoxy) is 2. The van der Waals surface area contributed by atoms with E-state index in [9.17, 15) is 17.4 Å². The molecule has 0 amide bonds. The fourth-order valence-corrected chi connectivity index (χ4v) is 10.3. The molecular weight excluding hydrogens is 526 g/mol. The second-order valence-electron chi connectivity index (χ2n) is 11.0. The van der Waals surface area contributed by atoms with Crippen LogP contribution in [0.3, 0.4) is 0 Å². The van der Waals surface area contributed by atoms with Gasteiger partial charge >= 0.3 is 0 Å². The van der Waals surface area contributed by atoms with Gasteiger partial charge in [-0.1, -0.05) is 13.8 Å². The molecule has 2 aliphatic rings. The second-order valence-corrected chi connectivity index (χ2v) is 14.1. The van der Waals surface area contributed by atoms with Crippen molar-refractivity contribution in [3.63, 3.8) is 0 Å². The highest BCUT2D eigenvalue weighted by molar-refractivity contribution is 7.91. The lowest BCUT2D eigenvalue weighted by Gasteiger charge is -2.36. The number of nitrogens with zero attached hydrogens (tertiary/aromatic N) is 3. The first kappa shape index (κ1) is 26.8. The molecule has 11 heteroatoms. The second kappa shape index (κ2) is 9.15. The molecule has 0 saturated heterocycles. The van der Waals surface area contributed by atoms with Crippen molar-refractivity contribution >= 4 is 37.6 Å². The monoisotopic (exact) mass is 559 g/mol. The molecule has 2 heterocycles. The zero-order chi connectivity index (χ0) is 27.6. The molecule has 0 N–H and O–H groups in total. The number of aromatic nitrogens is 3. The summed E-state index contributed by atoms with van der Waals surface area (Å²) in [6, 6.07) is 4.91. The Morgan fingerprint density at radius 1 is 1.18 bits per heavy atom. The fraction of sp³-hybridized carbons (Fsp3) is 0.519. The van der Waals surface area contributed by atoms with Crippen molar-refractivity contribution in [1.29, 1.82) is 0 Å². The number of methoxy groups -OCH3 is 2. The van der Waals surface area contributed by atoms with Crippen LogP contribution < -0.4 is 9.47 Å². The highest BCUT2D eigenvalue weighted by Gasteiger charge is 2.65. The summed E-state index contributed by atoms with van der Waals surface area (Å²) in [6.07, 6.45) is 3.40. The van der Waals surface area contributed by atoms with Gasteiger partial charge in [0.25, 0.3) is 0 Å². The molecule has 9 nitrogen and oxygen atoms in total. The minimum Gasteiger partial charge on any atom is -0.497 e. The number of rotatable bonds is 8. The number of hydrogen-bond donors (Lipinski definition) is 0. The number of carbonyl (C=O) groups excluding carboxylic acids is 1. The average molecular weight is 560 g/mol. The van der Waals surface area contributed by atoms with Gasteiger partial charge in [0.1, 0.15) is 17.3 Å². The molecule has 38 heavy (non-hydrogen) atoms. The van der Waals surface area contributed by atoms with Crippen LogP contribution in [0, 0.1) is 30.6 Å². The molecule has 2 saturated carbocycles. The third-order valence-corrected chi connectivity index (χ3v) is 12.0. The highest BCUT2D eigenvalue weighted by Crippen LogP contribution is 2.64. The predicted molar refractivity (Wildman–Crippen MR) is 144 cm³/mol. The Labute approximate surface area is 225 Å². The zero-order valence-corrected chi connectivity index (χ0v) is 24.2. The molecule has 0 spiro atoms. The van der Waals surface area contributed by atoms with E-state index in [1.807, 2.05) is 27.7 Å². The number of ketones is 1. The van der Waals surface area contributed by atoms with Crippen LogP contribution in [-0.2, 0) is 31.4 Å². The van der Waals surface area contributed by atoms with Gasteiger partial charge in [-0.2, -0.15) is 0 Å². The van der Waals surface area contributed by atoms with Crippen molar-refractivity contribution in [2.45, 2.75) is 57.9 Å². The van der Waals surface area contributed by atoms with Crippen LogP contribution in [0.25, 0.3) is 11.0 Å². The number of carbonyl (C=O) groups is 1. The summed E-state index contributed by atoms with van der Waals surface area (Å²) in [7, 11) is -2.97. The number of Topliss-reactive ketones (excluding diaryl/α,β-unsaturated/α-hetero) is 1. The van der Waals surface area contributed by atoms with Gasteiger partial charge < -0.3 is 9.47 Å². The maximum absolute atomic E-state index is 14.2. The lowest BCUT2D eigenvalue weighted by Crippen LogP contribution is -2.43. The number of aryl methyl sites for hydroxylation is 1. The molecule has 2 fully saturated rings. The normalized spacial score (nSPS) is 23.2. The Kier molecular flexibility index (Phi) is 6.45. The van der Waals surface area contributed by atoms with Crippen molar-refractivity contribution in [2.75, 3.05) is 20.0 Å². The van der Waals surface area contributed by atoms with Crippen molar-refractivity contribution in [1.82, 2.24) is 13.9 Å². The van der Waals surface area contributed by atoms with Gasteiger partial charge in [0, 0.05) is 29.8 Å². The molecule has 204 valence electrons. The third kappa shape index (κ3) is 3.88. The molecule has 3 atom stereocenters. The summed E-state index contributed by atoms with van der Waals surface area (Å²) in [4.78, 5) is 22.1. The Hall–Kier alpha value is -2.79.